The van der Waals surface area contributed by atoms with Crippen LogP contribution in [0.1, 0.15) is 6.42 Å². The standard InChI is InChI=1S/C6H7BrF5NO/c7-2-1-3-13-4(14)5(8,9)6(10,11)12/h1-3H2,(H,13,14). The van der Waals surface area contributed by atoms with Gasteiger partial charge in [-0.1, -0.05) is 15.9 Å². The lowest BCUT2D eigenvalue weighted by atomic mass is 10.3. The van der Waals surface area contributed by atoms with Crippen LogP contribution < -0.4 is 5.32 Å². The minimum atomic E-state index is -5.84. The van der Waals surface area contributed by atoms with Crippen molar-refractivity contribution in [3.63, 3.8) is 0 Å². The van der Waals surface area contributed by atoms with Crippen LogP contribution in [0.5, 0.6) is 0 Å². The van der Waals surface area contributed by atoms with Gasteiger partial charge in [-0.05, 0) is 6.42 Å². The Bertz CT molecular complexity index is 205. The maximum atomic E-state index is 12.2. The monoisotopic (exact) mass is 283 g/mol. The zero-order chi connectivity index (χ0) is 11.4. The number of hydrogen-bond acceptors (Lipinski definition) is 1. The molecule has 1 N–H and O–H groups in total. The number of carbonyl (C=O) groups excluding carboxylic acids is 1. The Morgan fingerprint density at radius 1 is 1.21 bits per heavy atom. The van der Waals surface area contributed by atoms with E-state index in [0.717, 1.165) is 0 Å². The summed E-state index contributed by atoms with van der Waals surface area (Å²) in [6, 6.07) is 0. The Balaban J connectivity index is 4.23. The van der Waals surface area contributed by atoms with Gasteiger partial charge in [0.25, 0.3) is 5.91 Å². The summed E-state index contributed by atoms with van der Waals surface area (Å²) in [4.78, 5) is 10.4. The van der Waals surface area contributed by atoms with Crippen molar-refractivity contribution in [3.05, 3.63) is 0 Å². The summed E-state index contributed by atoms with van der Waals surface area (Å²) in [7, 11) is 0. The van der Waals surface area contributed by atoms with Gasteiger partial charge in [-0.15, -0.1) is 0 Å². The first kappa shape index (κ1) is 13.6. The molecule has 0 saturated carbocycles. The molecule has 1 amide bonds. The summed E-state index contributed by atoms with van der Waals surface area (Å²) in [5.74, 6) is -7.63. The number of halogens is 6. The molecule has 0 heterocycles. The van der Waals surface area contributed by atoms with Crippen LogP contribution in [0.4, 0.5) is 22.0 Å². The highest BCUT2D eigenvalue weighted by Crippen LogP contribution is 2.35. The van der Waals surface area contributed by atoms with Crippen LogP contribution in [0.3, 0.4) is 0 Å². The summed E-state index contributed by atoms with van der Waals surface area (Å²) in [5, 5.41) is 1.90. The van der Waals surface area contributed by atoms with E-state index in [1.807, 2.05) is 0 Å². The summed E-state index contributed by atoms with van der Waals surface area (Å²) in [6.07, 6.45) is -5.56. The third kappa shape index (κ3) is 3.39. The molecule has 0 fully saturated rings. The molecule has 0 aromatic heterocycles. The van der Waals surface area contributed by atoms with Gasteiger partial charge >= 0.3 is 12.1 Å². The summed E-state index contributed by atoms with van der Waals surface area (Å²) in [6.45, 7) is -0.226. The van der Waals surface area contributed by atoms with E-state index in [0.29, 0.717) is 5.33 Å². The molecule has 0 aliphatic heterocycles. The maximum Gasteiger partial charge on any atom is 0.463 e. The van der Waals surface area contributed by atoms with Gasteiger partial charge < -0.3 is 5.32 Å². The first-order valence-electron chi connectivity index (χ1n) is 3.52. The highest BCUT2D eigenvalue weighted by molar-refractivity contribution is 9.09. The molecule has 14 heavy (non-hydrogen) atoms. The first-order chi connectivity index (χ1) is 6.23. The molecule has 0 spiro atoms. The van der Waals surface area contributed by atoms with Crippen molar-refractivity contribution in [1.82, 2.24) is 5.32 Å². The van der Waals surface area contributed by atoms with Crippen LogP contribution in [0.15, 0.2) is 0 Å². The largest absolute Gasteiger partial charge is 0.463 e. The van der Waals surface area contributed by atoms with Crippen molar-refractivity contribution in [1.29, 1.82) is 0 Å². The van der Waals surface area contributed by atoms with Crippen molar-refractivity contribution >= 4 is 21.8 Å². The van der Waals surface area contributed by atoms with Crippen LogP contribution in [0.25, 0.3) is 0 Å². The highest BCUT2D eigenvalue weighted by atomic mass is 79.9. The average Bonchev–Trinajstić information content (AvgIpc) is 2.02. The normalized spacial score (nSPS) is 12.7. The SMILES string of the molecule is O=C(NCCCBr)C(F)(F)C(F)(F)F. The molecule has 0 unspecified atom stereocenters. The van der Waals surface area contributed by atoms with Gasteiger partial charge in [-0.2, -0.15) is 22.0 Å². The molecule has 0 aliphatic carbocycles. The summed E-state index contributed by atoms with van der Waals surface area (Å²) < 4.78 is 59.1. The molecule has 0 aromatic rings. The van der Waals surface area contributed by atoms with Crippen molar-refractivity contribution in [2.24, 2.45) is 0 Å². The molecule has 2 nitrogen and oxygen atoms in total. The minimum Gasteiger partial charge on any atom is -0.351 e. The molecule has 0 aromatic carbocycles. The Hall–Kier alpha value is -0.400. The van der Waals surface area contributed by atoms with Gasteiger partial charge in [0.15, 0.2) is 0 Å². The Kier molecular flexibility index (Phi) is 4.76. The Labute approximate surface area is 85.0 Å². The van der Waals surface area contributed by atoms with E-state index in [2.05, 4.69) is 15.9 Å². The molecule has 0 atom stereocenters. The van der Waals surface area contributed by atoms with E-state index < -0.39 is 18.0 Å². The van der Waals surface area contributed by atoms with Crippen LogP contribution in [0, 0.1) is 0 Å². The third-order valence-electron chi connectivity index (χ3n) is 1.24. The van der Waals surface area contributed by atoms with Gasteiger partial charge in [-0.25, -0.2) is 0 Å². The van der Waals surface area contributed by atoms with Gasteiger partial charge in [0.2, 0.25) is 0 Å². The van der Waals surface area contributed by atoms with Crippen molar-refractivity contribution in [2.75, 3.05) is 11.9 Å². The molecule has 84 valence electrons. The van der Waals surface area contributed by atoms with E-state index in [1.54, 1.807) is 0 Å². The number of carbonyl (C=O) groups is 1. The number of hydrogen-bond donors (Lipinski definition) is 1. The van der Waals surface area contributed by atoms with Gasteiger partial charge in [-0.3, -0.25) is 4.79 Å². The van der Waals surface area contributed by atoms with E-state index in [4.69, 9.17) is 0 Å². The molecule has 0 rings (SSSR count). The molecule has 0 saturated heterocycles. The second kappa shape index (κ2) is 4.90. The fourth-order valence-corrected chi connectivity index (χ4v) is 0.789. The quantitative estimate of drug-likeness (QED) is 0.478. The molecule has 0 radical (unpaired) electrons. The lowest BCUT2D eigenvalue weighted by molar-refractivity contribution is -0.269. The summed E-state index contributed by atoms with van der Waals surface area (Å²) >= 11 is 2.93. The smallest absolute Gasteiger partial charge is 0.351 e. The zero-order valence-electron chi connectivity index (χ0n) is 6.80. The zero-order valence-corrected chi connectivity index (χ0v) is 8.38. The summed E-state index contributed by atoms with van der Waals surface area (Å²) in [5.41, 5.74) is 0. The predicted octanol–water partition coefficient (Wildman–Crippen LogP) is 2.09. The van der Waals surface area contributed by atoms with Gasteiger partial charge in [0, 0.05) is 11.9 Å². The number of alkyl halides is 6. The lowest BCUT2D eigenvalue weighted by Crippen LogP contribution is -2.50. The van der Waals surface area contributed by atoms with Crippen molar-refractivity contribution in [2.45, 2.75) is 18.5 Å². The maximum absolute atomic E-state index is 12.2. The Morgan fingerprint density at radius 2 is 1.71 bits per heavy atom. The van der Waals surface area contributed by atoms with Crippen LogP contribution in [-0.4, -0.2) is 29.9 Å². The first-order valence-corrected chi connectivity index (χ1v) is 4.64. The van der Waals surface area contributed by atoms with E-state index in [-0.39, 0.29) is 13.0 Å². The van der Waals surface area contributed by atoms with E-state index in [9.17, 15) is 26.7 Å². The fourth-order valence-electron chi connectivity index (χ4n) is 0.508. The molecular formula is C6H7BrF5NO. The molecule has 0 bridgehead atoms. The van der Waals surface area contributed by atoms with Gasteiger partial charge in [0.05, 0.1) is 0 Å². The highest BCUT2D eigenvalue weighted by Gasteiger charge is 2.63. The topological polar surface area (TPSA) is 29.1 Å². The van der Waals surface area contributed by atoms with Gasteiger partial charge in [0.1, 0.15) is 0 Å². The van der Waals surface area contributed by atoms with Crippen LogP contribution in [0.2, 0.25) is 0 Å². The molecular weight excluding hydrogens is 277 g/mol. The molecule has 8 heteroatoms. The van der Waals surface area contributed by atoms with Crippen LogP contribution in [-0.2, 0) is 4.79 Å². The minimum absolute atomic E-state index is 0.226. The van der Waals surface area contributed by atoms with Crippen LogP contribution >= 0.6 is 15.9 Å². The van der Waals surface area contributed by atoms with E-state index in [1.165, 1.54) is 5.32 Å². The second-order valence-corrected chi connectivity index (χ2v) is 3.16. The Morgan fingerprint density at radius 3 is 2.07 bits per heavy atom. The number of amides is 1. The average molecular weight is 284 g/mol. The third-order valence-corrected chi connectivity index (χ3v) is 1.80. The second-order valence-electron chi connectivity index (χ2n) is 2.37. The molecule has 0 aliphatic rings. The van der Waals surface area contributed by atoms with Crippen molar-refractivity contribution in [3.8, 4) is 0 Å². The van der Waals surface area contributed by atoms with E-state index >= 15 is 0 Å². The fraction of sp³-hybridized carbons (Fsp3) is 0.833. The lowest BCUT2D eigenvalue weighted by Gasteiger charge is -2.18. The predicted molar refractivity (Wildman–Crippen MR) is 42.4 cm³/mol. The number of nitrogens with one attached hydrogen (secondary N) is 1. The number of rotatable bonds is 4. The van der Waals surface area contributed by atoms with Crippen molar-refractivity contribution < 1.29 is 26.7 Å².